The number of fused-ring (bicyclic) bond motifs is 1. The van der Waals surface area contributed by atoms with Crippen molar-refractivity contribution >= 4 is 16.9 Å². The molecule has 1 unspecified atom stereocenters. The molecular formula is C22H24F3N3O4. The van der Waals surface area contributed by atoms with Gasteiger partial charge >= 0.3 is 6.18 Å². The molecule has 1 amide bonds. The van der Waals surface area contributed by atoms with Gasteiger partial charge in [0, 0.05) is 7.11 Å². The normalized spacial score (nSPS) is 12.6. The topological polar surface area (TPSA) is 74.6 Å². The Labute approximate surface area is 183 Å². The van der Waals surface area contributed by atoms with Gasteiger partial charge in [0.2, 0.25) is 11.7 Å². The predicted molar refractivity (Wildman–Crippen MR) is 112 cm³/mol. The first-order chi connectivity index (χ1) is 15.2. The summed E-state index contributed by atoms with van der Waals surface area (Å²) in [5.74, 6) is -0.697. The van der Waals surface area contributed by atoms with Crippen LogP contribution in [0.1, 0.15) is 24.4 Å². The maximum Gasteiger partial charge on any atom is 0.449 e. The average molecular weight is 451 g/mol. The van der Waals surface area contributed by atoms with E-state index in [4.69, 9.17) is 14.2 Å². The van der Waals surface area contributed by atoms with E-state index in [1.54, 1.807) is 44.4 Å². The summed E-state index contributed by atoms with van der Waals surface area (Å²) in [7, 11) is 3.06. The lowest BCUT2D eigenvalue weighted by Gasteiger charge is -2.18. The summed E-state index contributed by atoms with van der Waals surface area (Å²) >= 11 is 0. The van der Waals surface area contributed by atoms with Gasteiger partial charge in [-0.2, -0.15) is 13.2 Å². The van der Waals surface area contributed by atoms with Crippen LogP contribution in [0.3, 0.4) is 0 Å². The predicted octanol–water partition coefficient (Wildman–Crippen LogP) is 3.97. The van der Waals surface area contributed by atoms with Crippen molar-refractivity contribution in [3.63, 3.8) is 0 Å². The minimum atomic E-state index is -4.68. The molecule has 1 aromatic heterocycles. The van der Waals surface area contributed by atoms with Crippen molar-refractivity contribution in [3.05, 3.63) is 53.9 Å². The number of nitrogens with zero attached hydrogens (tertiary/aromatic N) is 2. The van der Waals surface area contributed by atoms with E-state index in [1.165, 1.54) is 19.2 Å². The van der Waals surface area contributed by atoms with Gasteiger partial charge in [0.25, 0.3) is 0 Å². The zero-order valence-corrected chi connectivity index (χ0v) is 17.9. The van der Waals surface area contributed by atoms with Crippen LogP contribution in [0.5, 0.6) is 11.5 Å². The Morgan fingerprint density at radius 1 is 1.12 bits per heavy atom. The molecule has 3 rings (SSSR count). The Hall–Kier alpha value is -3.27. The van der Waals surface area contributed by atoms with Gasteiger partial charge in [-0.05, 0) is 36.8 Å². The number of methoxy groups -OCH3 is 2. The minimum Gasteiger partial charge on any atom is -0.493 e. The highest BCUT2D eigenvalue weighted by atomic mass is 19.4. The van der Waals surface area contributed by atoms with Gasteiger partial charge < -0.3 is 24.1 Å². The molecule has 0 spiro atoms. The van der Waals surface area contributed by atoms with E-state index < -0.39 is 30.5 Å². The maximum atomic E-state index is 13.4. The van der Waals surface area contributed by atoms with Crippen LogP contribution in [0.2, 0.25) is 0 Å². The standard InChI is InChI=1S/C22H24F3N3O4/c1-14(15-8-9-18(19(12-15)31-3)32-11-10-30-2)26-20(29)13-28-17-7-5-4-6-16(17)27-21(28)22(23,24)25/h4-9,12,14H,10-11,13H2,1-3H3,(H,26,29). The number of ether oxygens (including phenoxy) is 3. The Morgan fingerprint density at radius 2 is 1.88 bits per heavy atom. The van der Waals surface area contributed by atoms with Crippen molar-refractivity contribution in [2.45, 2.75) is 25.7 Å². The Bertz CT molecular complexity index is 1080. The molecule has 0 radical (unpaired) electrons. The highest BCUT2D eigenvalue weighted by molar-refractivity contribution is 5.81. The minimum absolute atomic E-state index is 0.175. The lowest BCUT2D eigenvalue weighted by Crippen LogP contribution is -2.31. The smallest absolute Gasteiger partial charge is 0.449 e. The number of halogens is 3. The summed E-state index contributed by atoms with van der Waals surface area (Å²) < 4.78 is 57.1. The molecule has 0 saturated heterocycles. The van der Waals surface area contributed by atoms with E-state index in [-0.39, 0.29) is 11.0 Å². The van der Waals surface area contributed by atoms with Crippen LogP contribution in [0.25, 0.3) is 11.0 Å². The summed E-state index contributed by atoms with van der Waals surface area (Å²) in [5.41, 5.74) is 1.12. The molecule has 7 nitrogen and oxygen atoms in total. The number of aromatic nitrogens is 2. The van der Waals surface area contributed by atoms with Gasteiger partial charge in [0.05, 0.1) is 30.8 Å². The number of carbonyl (C=O) groups is 1. The van der Waals surface area contributed by atoms with Gasteiger partial charge in [-0.25, -0.2) is 4.98 Å². The van der Waals surface area contributed by atoms with Crippen molar-refractivity contribution in [3.8, 4) is 11.5 Å². The third-order valence-corrected chi connectivity index (χ3v) is 4.82. The number of benzene rings is 2. The summed E-state index contributed by atoms with van der Waals surface area (Å²) in [4.78, 5) is 16.3. The van der Waals surface area contributed by atoms with Crippen molar-refractivity contribution in [2.75, 3.05) is 27.4 Å². The highest BCUT2D eigenvalue weighted by Gasteiger charge is 2.38. The number of alkyl halides is 3. The molecule has 3 aromatic rings. The molecular weight excluding hydrogens is 427 g/mol. The van der Waals surface area contributed by atoms with Gasteiger partial charge in [0.1, 0.15) is 13.2 Å². The van der Waals surface area contributed by atoms with Crippen LogP contribution in [0.4, 0.5) is 13.2 Å². The van der Waals surface area contributed by atoms with Crippen LogP contribution in [0.15, 0.2) is 42.5 Å². The molecule has 0 saturated carbocycles. The number of carbonyl (C=O) groups excluding carboxylic acids is 1. The second-order valence-corrected chi connectivity index (χ2v) is 7.05. The van der Waals surface area contributed by atoms with Crippen molar-refractivity contribution in [1.82, 2.24) is 14.9 Å². The summed E-state index contributed by atoms with van der Waals surface area (Å²) in [6, 6.07) is 10.9. The van der Waals surface area contributed by atoms with E-state index in [1.807, 2.05) is 0 Å². The molecule has 0 aliphatic rings. The molecule has 10 heteroatoms. The maximum absolute atomic E-state index is 13.4. The molecule has 0 bridgehead atoms. The monoisotopic (exact) mass is 451 g/mol. The molecule has 32 heavy (non-hydrogen) atoms. The number of nitrogens with one attached hydrogen (secondary N) is 1. The number of rotatable bonds is 9. The first-order valence-corrected chi connectivity index (χ1v) is 9.86. The van der Waals surface area contributed by atoms with Crippen LogP contribution in [-0.4, -0.2) is 42.9 Å². The fraction of sp³-hybridized carbons (Fsp3) is 0.364. The lowest BCUT2D eigenvalue weighted by molar-refractivity contribution is -0.147. The van der Waals surface area contributed by atoms with E-state index in [2.05, 4.69) is 10.3 Å². The second-order valence-electron chi connectivity index (χ2n) is 7.05. The SMILES string of the molecule is COCCOc1ccc(C(C)NC(=O)Cn2c(C(F)(F)F)nc3ccccc32)cc1OC. The third-order valence-electron chi connectivity index (χ3n) is 4.82. The lowest BCUT2D eigenvalue weighted by atomic mass is 10.1. The molecule has 0 aliphatic heterocycles. The first kappa shape index (κ1) is 23.4. The summed E-state index contributed by atoms with van der Waals surface area (Å²) in [5, 5.41) is 2.73. The van der Waals surface area contributed by atoms with Crippen LogP contribution < -0.4 is 14.8 Å². The van der Waals surface area contributed by atoms with Gasteiger partial charge in [0.15, 0.2) is 11.5 Å². The van der Waals surface area contributed by atoms with E-state index >= 15 is 0 Å². The average Bonchev–Trinajstić information content (AvgIpc) is 3.13. The van der Waals surface area contributed by atoms with Crippen LogP contribution in [0, 0.1) is 0 Å². The Balaban J connectivity index is 1.76. The largest absolute Gasteiger partial charge is 0.493 e. The van der Waals surface area contributed by atoms with Crippen LogP contribution >= 0.6 is 0 Å². The summed E-state index contributed by atoms with van der Waals surface area (Å²) in [6.45, 7) is 1.98. The molecule has 0 fully saturated rings. The van der Waals surface area contributed by atoms with Crippen molar-refractivity contribution in [2.24, 2.45) is 0 Å². The molecule has 2 aromatic carbocycles. The number of para-hydroxylation sites is 2. The van der Waals surface area contributed by atoms with Crippen LogP contribution in [-0.2, 0) is 22.3 Å². The third kappa shape index (κ3) is 5.31. The van der Waals surface area contributed by atoms with Gasteiger partial charge in [-0.3, -0.25) is 4.79 Å². The van der Waals surface area contributed by atoms with Gasteiger partial charge in [-0.15, -0.1) is 0 Å². The fourth-order valence-electron chi connectivity index (χ4n) is 3.27. The fourth-order valence-corrected chi connectivity index (χ4v) is 3.27. The van der Waals surface area contributed by atoms with Crippen molar-refractivity contribution < 1.29 is 32.2 Å². The van der Waals surface area contributed by atoms with E-state index in [0.29, 0.717) is 30.3 Å². The number of imidazole rings is 1. The quantitative estimate of drug-likeness (QED) is 0.499. The zero-order chi connectivity index (χ0) is 23.3. The van der Waals surface area contributed by atoms with Crippen molar-refractivity contribution in [1.29, 1.82) is 0 Å². The first-order valence-electron chi connectivity index (χ1n) is 9.86. The highest BCUT2D eigenvalue weighted by Crippen LogP contribution is 2.32. The molecule has 1 heterocycles. The van der Waals surface area contributed by atoms with E-state index in [9.17, 15) is 18.0 Å². The Morgan fingerprint density at radius 3 is 2.56 bits per heavy atom. The number of hydrogen-bond acceptors (Lipinski definition) is 5. The molecule has 1 atom stereocenters. The molecule has 1 N–H and O–H groups in total. The number of hydrogen-bond donors (Lipinski definition) is 1. The van der Waals surface area contributed by atoms with E-state index in [0.717, 1.165) is 4.57 Å². The Kier molecular flexibility index (Phi) is 7.24. The van der Waals surface area contributed by atoms with Gasteiger partial charge in [-0.1, -0.05) is 18.2 Å². The second kappa shape index (κ2) is 9.90. The molecule has 0 aliphatic carbocycles. The number of amides is 1. The molecule has 172 valence electrons. The zero-order valence-electron chi connectivity index (χ0n) is 17.9. The summed E-state index contributed by atoms with van der Waals surface area (Å²) in [6.07, 6.45) is -4.68.